The molecule has 4 aromatic rings. The lowest BCUT2D eigenvalue weighted by Crippen LogP contribution is -2.54. The fourth-order valence-corrected chi connectivity index (χ4v) is 4.24. The third-order valence-corrected chi connectivity index (χ3v) is 6.26. The Morgan fingerprint density at radius 2 is 1.62 bits per heavy atom. The summed E-state index contributed by atoms with van der Waals surface area (Å²) in [6, 6.07) is 23.5. The van der Waals surface area contributed by atoms with Crippen molar-refractivity contribution >= 4 is 40.4 Å². The number of nitrogens with zero attached hydrogens (tertiary/aromatic N) is 1. The highest BCUT2D eigenvalue weighted by Crippen LogP contribution is 2.32. The van der Waals surface area contributed by atoms with Crippen molar-refractivity contribution in [3.05, 3.63) is 113 Å². The first kappa shape index (κ1) is 23.9. The van der Waals surface area contributed by atoms with E-state index in [4.69, 9.17) is 4.74 Å². The Morgan fingerprint density at radius 3 is 2.38 bits per heavy atom. The predicted molar refractivity (Wildman–Crippen MR) is 140 cm³/mol. The Hall–Kier alpha value is -4.78. The molecule has 0 bridgehead atoms. The van der Waals surface area contributed by atoms with Crippen molar-refractivity contribution in [2.45, 2.75) is 20.0 Å². The molecule has 1 N–H and O–H groups in total. The van der Waals surface area contributed by atoms with Crippen LogP contribution >= 0.6 is 0 Å². The van der Waals surface area contributed by atoms with Crippen LogP contribution in [-0.2, 0) is 22.6 Å². The summed E-state index contributed by atoms with van der Waals surface area (Å²) in [5, 5.41) is 3.85. The second kappa shape index (κ2) is 10.1. The Balaban J connectivity index is 1.57. The molecule has 5 rings (SSSR count). The van der Waals surface area contributed by atoms with Gasteiger partial charge in [0, 0.05) is 11.1 Å². The van der Waals surface area contributed by atoms with E-state index in [9.17, 15) is 18.8 Å². The zero-order valence-corrected chi connectivity index (χ0v) is 20.0. The van der Waals surface area contributed by atoms with Gasteiger partial charge < -0.3 is 4.74 Å². The number of halogens is 1. The zero-order valence-electron chi connectivity index (χ0n) is 20.0. The van der Waals surface area contributed by atoms with Crippen molar-refractivity contribution in [1.29, 1.82) is 0 Å². The van der Waals surface area contributed by atoms with E-state index in [0.717, 1.165) is 27.7 Å². The molecule has 1 fully saturated rings. The topological polar surface area (TPSA) is 75.7 Å². The number of anilines is 1. The number of fused-ring (bicyclic) bond motifs is 1. The minimum atomic E-state index is -0.814. The number of rotatable bonds is 6. The van der Waals surface area contributed by atoms with Gasteiger partial charge in [0.1, 0.15) is 23.7 Å². The van der Waals surface area contributed by atoms with Crippen LogP contribution in [0.5, 0.6) is 5.75 Å². The molecule has 0 aliphatic carbocycles. The summed E-state index contributed by atoms with van der Waals surface area (Å²) in [6.07, 6.45) is 2.23. The monoisotopic (exact) mass is 494 g/mol. The standard InChI is InChI=1S/C30H23FN2O4/c1-2-19-11-14-22(15-12-19)33-29(35)25(28(34)32-30(33)36)17-24-23-9-5-3-7-20(23)13-16-27(24)37-18-21-8-4-6-10-26(21)31/h3-17H,2,18H2,1H3,(H,32,34,36)/b25-17+. The van der Waals surface area contributed by atoms with E-state index < -0.39 is 23.7 Å². The lowest BCUT2D eigenvalue weighted by Gasteiger charge is -2.26. The molecular weight excluding hydrogens is 471 g/mol. The van der Waals surface area contributed by atoms with Crippen molar-refractivity contribution in [2.75, 3.05) is 4.90 Å². The molecular formula is C30H23FN2O4. The molecule has 0 saturated carbocycles. The Kier molecular flexibility index (Phi) is 6.51. The molecule has 1 heterocycles. The average Bonchev–Trinajstić information content (AvgIpc) is 2.91. The maximum absolute atomic E-state index is 14.2. The minimum absolute atomic E-state index is 0.0459. The van der Waals surface area contributed by atoms with Crippen LogP contribution in [0.15, 0.2) is 90.5 Å². The lowest BCUT2D eigenvalue weighted by atomic mass is 9.99. The molecule has 1 aliphatic rings. The van der Waals surface area contributed by atoms with Gasteiger partial charge in [-0.05, 0) is 53.1 Å². The highest BCUT2D eigenvalue weighted by Gasteiger charge is 2.37. The molecule has 6 nitrogen and oxygen atoms in total. The van der Waals surface area contributed by atoms with E-state index in [-0.39, 0.29) is 12.2 Å². The van der Waals surface area contributed by atoms with Crippen molar-refractivity contribution < 1.29 is 23.5 Å². The lowest BCUT2D eigenvalue weighted by molar-refractivity contribution is -0.122. The highest BCUT2D eigenvalue weighted by atomic mass is 19.1. The summed E-state index contributed by atoms with van der Waals surface area (Å²) < 4.78 is 20.2. The van der Waals surface area contributed by atoms with Crippen LogP contribution < -0.4 is 15.0 Å². The summed E-state index contributed by atoms with van der Waals surface area (Å²) in [5.74, 6) is -1.57. The molecule has 1 saturated heterocycles. The van der Waals surface area contributed by atoms with Crippen LogP contribution in [0.4, 0.5) is 14.9 Å². The number of benzene rings is 4. The molecule has 184 valence electrons. The number of amides is 4. The smallest absolute Gasteiger partial charge is 0.335 e. The van der Waals surface area contributed by atoms with Gasteiger partial charge in [-0.2, -0.15) is 0 Å². The van der Waals surface area contributed by atoms with Crippen LogP contribution in [0.2, 0.25) is 0 Å². The van der Waals surface area contributed by atoms with E-state index in [1.807, 2.05) is 49.4 Å². The van der Waals surface area contributed by atoms with Crippen molar-refractivity contribution in [3.63, 3.8) is 0 Å². The molecule has 0 atom stereocenters. The van der Waals surface area contributed by atoms with Crippen molar-refractivity contribution in [2.24, 2.45) is 0 Å². The molecule has 4 amide bonds. The first-order chi connectivity index (χ1) is 18.0. The number of imide groups is 2. The summed E-state index contributed by atoms with van der Waals surface area (Å²) in [5.41, 5.74) is 2.03. The average molecular weight is 495 g/mol. The second-order valence-electron chi connectivity index (χ2n) is 8.56. The predicted octanol–water partition coefficient (Wildman–Crippen LogP) is 5.79. The van der Waals surface area contributed by atoms with E-state index in [1.165, 1.54) is 12.1 Å². The van der Waals surface area contributed by atoms with Crippen LogP contribution in [0, 0.1) is 5.82 Å². The number of hydrogen-bond donors (Lipinski definition) is 1. The number of urea groups is 1. The van der Waals surface area contributed by atoms with E-state index >= 15 is 0 Å². The third kappa shape index (κ3) is 4.71. The van der Waals surface area contributed by atoms with Gasteiger partial charge in [-0.3, -0.25) is 14.9 Å². The van der Waals surface area contributed by atoms with Gasteiger partial charge in [-0.1, -0.05) is 67.6 Å². The van der Waals surface area contributed by atoms with Gasteiger partial charge in [0.05, 0.1) is 5.69 Å². The number of carbonyl (C=O) groups excluding carboxylic acids is 3. The van der Waals surface area contributed by atoms with Gasteiger partial charge in [0.25, 0.3) is 11.8 Å². The Labute approximate surface area is 213 Å². The van der Waals surface area contributed by atoms with E-state index in [0.29, 0.717) is 22.6 Å². The molecule has 7 heteroatoms. The first-order valence-corrected chi connectivity index (χ1v) is 11.8. The number of barbiturate groups is 1. The normalized spacial score (nSPS) is 14.8. The van der Waals surface area contributed by atoms with Gasteiger partial charge >= 0.3 is 6.03 Å². The highest BCUT2D eigenvalue weighted by molar-refractivity contribution is 6.39. The summed E-state index contributed by atoms with van der Waals surface area (Å²) in [4.78, 5) is 39.9. The van der Waals surface area contributed by atoms with Gasteiger partial charge in [0.15, 0.2) is 0 Å². The number of ether oxygens (including phenoxy) is 1. The quantitative estimate of drug-likeness (QED) is 0.272. The van der Waals surface area contributed by atoms with Crippen molar-refractivity contribution in [1.82, 2.24) is 5.32 Å². The van der Waals surface area contributed by atoms with Gasteiger partial charge in [0.2, 0.25) is 0 Å². The van der Waals surface area contributed by atoms with E-state index in [1.54, 1.807) is 36.4 Å². The van der Waals surface area contributed by atoms with Crippen LogP contribution in [0.25, 0.3) is 16.8 Å². The molecule has 37 heavy (non-hydrogen) atoms. The summed E-state index contributed by atoms with van der Waals surface area (Å²) in [7, 11) is 0. The van der Waals surface area contributed by atoms with Crippen LogP contribution in [0.1, 0.15) is 23.6 Å². The summed E-state index contributed by atoms with van der Waals surface area (Å²) >= 11 is 0. The van der Waals surface area contributed by atoms with Gasteiger partial charge in [-0.15, -0.1) is 0 Å². The largest absolute Gasteiger partial charge is 0.488 e. The number of aryl methyl sites for hydroxylation is 1. The van der Waals surface area contributed by atoms with Crippen molar-refractivity contribution in [3.8, 4) is 5.75 Å². The fourth-order valence-electron chi connectivity index (χ4n) is 4.24. The SMILES string of the molecule is CCc1ccc(N2C(=O)NC(=O)/C(=C\c3c(OCc4ccccc4F)ccc4ccccc34)C2=O)cc1. The second-order valence-corrected chi connectivity index (χ2v) is 8.56. The molecule has 4 aromatic carbocycles. The molecule has 0 aromatic heterocycles. The van der Waals surface area contributed by atoms with Crippen LogP contribution in [-0.4, -0.2) is 17.8 Å². The van der Waals surface area contributed by atoms with Gasteiger partial charge in [-0.25, -0.2) is 14.1 Å². The third-order valence-electron chi connectivity index (χ3n) is 6.26. The zero-order chi connectivity index (χ0) is 25.9. The Bertz CT molecular complexity index is 1560. The van der Waals surface area contributed by atoms with Crippen LogP contribution in [0.3, 0.4) is 0 Å². The molecule has 0 unspecified atom stereocenters. The maximum Gasteiger partial charge on any atom is 0.335 e. The van der Waals surface area contributed by atoms with E-state index in [2.05, 4.69) is 5.32 Å². The Morgan fingerprint density at radius 1 is 0.892 bits per heavy atom. The molecule has 1 aliphatic heterocycles. The minimum Gasteiger partial charge on any atom is -0.488 e. The fraction of sp³-hybridized carbons (Fsp3) is 0.100. The maximum atomic E-state index is 14.2. The molecule has 0 radical (unpaired) electrons. The first-order valence-electron chi connectivity index (χ1n) is 11.8. The molecule has 0 spiro atoms. The number of carbonyl (C=O) groups is 3. The number of nitrogens with one attached hydrogen (secondary N) is 1. The number of hydrogen-bond acceptors (Lipinski definition) is 4. The summed E-state index contributed by atoms with van der Waals surface area (Å²) in [6.45, 7) is 1.96.